The van der Waals surface area contributed by atoms with Crippen molar-refractivity contribution in [2.45, 2.75) is 58.5 Å². The monoisotopic (exact) mass is 473 g/mol. The zero-order chi connectivity index (χ0) is 24.7. The SMILES string of the molecule is Cc1cc(OCCCC2CCN(c3noc(C(C)N(C)C)n3)CC2)ccc1C(=O)NC(C)CO. The fourth-order valence-corrected chi connectivity index (χ4v) is 4.06. The molecule has 3 rings (SSSR count). The van der Waals surface area contributed by atoms with Crippen molar-refractivity contribution in [3.63, 3.8) is 0 Å². The highest BCUT2D eigenvalue weighted by Gasteiger charge is 2.24. The predicted octanol–water partition coefficient (Wildman–Crippen LogP) is 3.19. The Morgan fingerprint density at radius 2 is 2.06 bits per heavy atom. The van der Waals surface area contributed by atoms with Crippen LogP contribution >= 0.6 is 0 Å². The Labute approximate surface area is 202 Å². The van der Waals surface area contributed by atoms with Crippen molar-refractivity contribution in [3.05, 3.63) is 35.2 Å². The Bertz CT molecular complexity index is 924. The lowest BCUT2D eigenvalue weighted by Crippen LogP contribution is -2.35. The van der Waals surface area contributed by atoms with Gasteiger partial charge >= 0.3 is 0 Å². The van der Waals surface area contributed by atoms with Gasteiger partial charge in [0, 0.05) is 24.7 Å². The first kappa shape index (κ1) is 26.0. The molecule has 1 aromatic carbocycles. The molecule has 9 nitrogen and oxygen atoms in total. The zero-order valence-electron chi connectivity index (χ0n) is 21.1. The van der Waals surface area contributed by atoms with Crippen molar-refractivity contribution in [2.24, 2.45) is 5.92 Å². The van der Waals surface area contributed by atoms with Crippen LogP contribution in [0.4, 0.5) is 5.95 Å². The number of benzene rings is 1. The molecule has 2 heterocycles. The number of carbonyl (C=O) groups excluding carboxylic acids is 1. The maximum Gasteiger partial charge on any atom is 0.266 e. The first-order valence-electron chi connectivity index (χ1n) is 12.2. The van der Waals surface area contributed by atoms with E-state index in [1.807, 2.05) is 33.2 Å². The molecular weight excluding hydrogens is 434 g/mol. The van der Waals surface area contributed by atoms with E-state index in [4.69, 9.17) is 14.4 Å². The third-order valence-corrected chi connectivity index (χ3v) is 6.58. The molecule has 1 aliphatic heterocycles. The lowest BCUT2D eigenvalue weighted by Gasteiger charge is -2.30. The second-order valence-electron chi connectivity index (χ2n) is 9.53. The second-order valence-corrected chi connectivity index (χ2v) is 9.53. The van der Waals surface area contributed by atoms with Crippen molar-refractivity contribution in [1.82, 2.24) is 20.4 Å². The van der Waals surface area contributed by atoms with Crippen LogP contribution in [-0.2, 0) is 0 Å². The smallest absolute Gasteiger partial charge is 0.266 e. The summed E-state index contributed by atoms with van der Waals surface area (Å²) in [6, 6.07) is 5.34. The Kier molecular flexibility index (Phi) is 9.29. The molecule has 2 unspecified atom stereocenters. The number of nitrogens with one attached hydrogen (secondary N) is 1. The molecule has 1 aliphatic rings. The summed E-state index contributed by atoms with van der Waals surface area (Å²) < 4.78 is 11.4. The van der Waals surface area contributed by atoms with Crippen molar-refractivity contribution in [3.8, 4) is 5.75 Å². The Hall–Kier alpha value is -2.65. The first-order chi connectivity index (χ1) is 16.3. The molecule has 188 valence electrons. The van der Waals surface area contributed by atoms with Crippen molar-refractivity contribution in [1.29, 1.82) is 0 Å². The van der Waals surface area contributed by atoms with Crippen LogP contribution in [0.25, 0.3) is 0 Å². The normalized spacial score (nSPS) is 16.5. The Balaban J connectivity index is 1.38. The summed E-state index contributed by atoms with van der Waals surface area (Å²) in [5, 5.41) is 16.1. The summed E-state index contributed by atoms with van der Waals surface area (Å²) in [5.74, 6) is 2.63. The van der Waals surface area contributed by atoms with E-state index in [0.717, 1.165) is 50.1 Å². The van der Waals surface area contributed by atoms with Crippen LogP contribution in [0.15, 0.2) is 22.7 Å². The Morgan fingerprint density at radius 3 is 2.71 bits per heavy atom. The van der Waals surface area contributed by atoms with E-state index in [1.54, 1.807) is 13.0 Å². The number of anilines is 1. The van der Waals surface area contributed by atoms with Gasteiger partial charge in [-0.2, -0.15) is 4.98 Å². The quantitative estimate of drug-likeness (QED) is 0.480. The summed E-state index contributed by atoms with van der Waals surface area (Å²) in [6.07, 6.45) is 4.35. The second kappa shape index (κ2) is 12.2. The topological polar surface area (TPSA) is 104 Å². The van der Waals surface area contributed by atoms with Crippen LogP contribution in [0.1, 0.15) is 67.4 Å². The fraction of sp³-hybridized carbons (Fsp3) is 0.640. The summed E-state index contributed by atoms with van der Waals surface area (Å²) in [6.45, 7) is 8.17. The molecule has 0 radical (unpaired) electrons. The lowest BCUT2D eigenvalue weighted by molar-refractivity contribution is 0.0921. The van der Waals surface area contributed by atoms with E-state index >= 15 is 0 Å². The molecule has 2 atom stereocenters. The zero-order valence-corrected chi connectivity index (χ0v) is 21.1. The number of amides is 1. The van der Waals surface area contributed by atoms with Crippen LogP contribution in [0.5, 0.6) is 5.75 Å². The summed E-state index contributed by atoms with van der Waals surface area (Å²) in [4.78, 5) is 21.1. The lowest BCUT2D eigenvalue weighted by atomic mass is 9.92. The van der Waals surface area contributed by atoms with Gasteiger partial charge in [-0.1, -0.05) is 0 Å². The van der Waals surface area contributed by atoms with Gasteiger partial charge in [0.25, 0.3) is 11.9 Å². The third-order valence-electron chi connectivity index (χ3n) is 6.58. The fourth-order valence-electron chi connectivity index (χ4n) is 4.06. The van der Waals surface area contributed by atoms with Gasteiger partial charge in [-0.15, -0.1) is 0 Å². The van der Waals surface area contributed by atoms with Gasteiger partial charge in [0.15, 0.2) is 0 Å². The number of hydrogen-bond acceptors (Lipinski definition) is 8. The number of carbonyl (C=O) groups is 1. The molecule has 1 fully saturated rings. The molecule has 1 amide bonds. The van der Waals surface area contributed by atoms with Gasteiger partial charge < -0.3 is 24.6 Å². The van der Waals surface area contributed by atoms with Crippen molar-refractivity contribution in [2.75, 3.05) is 45.3 Å². The van der Waals surface area contributed by atoms with Gasteiger partial charge in [-0.3, -0.25) is 9.69 Å². The molecule has 2 aromatic rings. The molecule has 0 bridgehead atoms. The number of aliphatic hydroxyl groups is 1. The van der Waals surface area contributed by atoms with Crippen LogP contribution in [0, 0.1) is 12.8 Å². The third kappa shape index (κ3) is 6.93. The average Bonchev–Trinajstić information content (AvgIpc) is 3.31. The highest BCUT2D eigenvalue weighted by atomic mass is 16.5. The van der Waals surface area contributed by atoms with Crippen LogP contribution in [0.2, 0.25) is 0 Å². The number of aryl methyl sites for hydroxylation is 1. The van der Waals surface area contributed by atoms with Gasteiger partial charge in [0.2, 0.25) is 5.89 Å². The van der Waals surface area contributed by atoms with Crippen LogP contribution < -0.4 is 15.0 Å². The van der Waals surface area contributed by atoms with Crippen molar-refractivity contribution >= 4 is 11.9 Å². The minimum absolute atomic E-state index is 0.0842. The molecule has 0 spiro atoms. The molecule has 9 heteroatoms. The van der Waals surface area contributed by atoms with Crippen molar-refractivity contribution < 1.29 is 19.2 Å². The number of aromatic nitrogens is 2. The molecule has 0 saturated carbocycles. The van der Waals surface area contributed by atoms with E-state index in [2.05, 4.69) is 32.2 Å². The summed E-state index contributed by atoms with van der Waals surface area (Å²) in [7, 11) is 4.00. The minimum atomic E-state index is -0.272. The number of hydrogen-bond donors (Lipinski definition) is 2. The molecular formula is C25H39N5O4. The van der Waals surface area contributed by atoms with Crippen LogP contribution in [0.3, 0.4) is 0 Å². The minimum Gasteiger partial charge on any atom is -0.494 e. The highest BCUT2D eigenvalue weighted by Crippen LogP contribution is 2.26. The van der Waals surface area contributed by atoms with Crippen LogP contribution in [-0.4, -0.2) is 72.5 Å². The molecule has 2 N–H and O–H groups in total. The van der Waals surface area contributed by atoms with E-state index < -0.39 is 0 Å². The van der Waals surface area contributed by atoms with E-state index in [1.165, 1.54) is 0 Å². The van der Waals surface area contributed by atoms with E-state index in [9.17, 15) is 4.79 Å². The maximum absolute atomic E-state index is 12.3. The molecule has 34 heavy (non-hydrogen) atoms. The largest absolute Gasteiger partial charge is 0.494 e. The number of aliphatic hydroxyl groups excluding tert-OH is 1. The number of piperidine rings is 1. The van der Waals surface area contributed by atoms with Gasteiger partial charge in [0.05, 0.1) is 19.3 Å². The van der Waals surface area contributed by atoms with Gasteiger partial charge in [-0.25, -0.2) is 0 Å². The maximum atomic E-state index is 12.3. The molecule has 1 aromatic heterocycles. The molecule has 0 aliphatic carbocycles. The first-order valence-corrected chi connectivity index (χ1v) is 12.2. The highest BCUT2D eigenvalue weighted by molar-refractivity contribution is 5.95. The van der Waals surface area contributed by atoms with E-state index in [-0.39, 0.29) is 24.6 Å². The predicted molar refractivity (Wildman–Crippen MR) is 131 cm³/mol. The number of nitrogens with zero attached hydrogens (tertiary/aromatic N) is 4. The average molecular weight is 474 g/mol. The van der Waals surface area contributed by atoms with Gasteiger partial charge in [-0.05, 0) is 95.4 Å². The van der Waals surface area contributed by atoms with Gasteiger partial charge in [0.1, 0.15) is 5.75 Å². The standard InChI is InChI=1S/C25H39N5O4/c1-17-15-21(8-9-22(17)23(32)26-18(2)16-31)33-14-6-7-20-10-12-30(13-11-20)25-27-24(34-28-25)19(3)29(4)5/h8-9,15,18-20,31H,6-7,10-14,16H2,1-5H3,(H,26,32). The number of rotatable bonds is 11. The number of ether oxygens (including phenoxy) is 1. The summed E-state index contributed by atoms with van der Waals surface area (Å²) in [5.41, 5.74) is 1.46. The Morgan fingerprint density at radius 1 is 1.32 bits per heavy atom. The van der Waals surface area contributed by atoms with E-state index in [0.29, 0.717) is 29.9 Å². The summed E-state index contributed by atoms with van der Waals surface area (Å²) >= 11 is 0. The molecule has 1 saturated heterocycles.